The molecule has 0 aromatic heterocycles. The zero-order valence-corrected chi connectivity index (χ0v) is 16.7. The molecule has 9 heteroatoms. The number of carbonyl (C=O) groups is 3. The summed E-state index contributed by atoms with van der Waals surface area (Å²) < 4.78 is 21.1. The van der Waals surface area contributed by atoms with Crippen molar-refractivity contribution in [2.24, 2.45) is 5.92 Å². The van der Waals surface area contributed by atoms with E-state index in [0.29, 0.717) is 52.6 Å². The highest BCUT2D eigenvalue weighted by molar-refractivity contribution is 5.87. The van der Waals surface area contributed by atoms with Gasteiger partial charge in [0.2, 0.25) is 11.8 Å². The molecule has 0 aliphatic rings. The van der Waals surface area contributed by atoms with E-state index in [0.717, 1.165) is 0 Å². The Morgan fingerprint density at radius 1 is 0.778 bits per heavy atom. The molecule has 9 nitrogen and oxygen atoms in total. The van der Waals surface area contributed by atoms with Crippen LogP contribution in [0, 0.1) is 5.92 Å². The number of ketones is 1. The highest BCUT2D eigenvalue weighted by Crippen LogP contribution is 1.91. The van der Waals surface area contributed by atoms with E-state index in [4.69, 9.17) is 18.9 Å². The summed E-state index contributed by atoms with van der Waals surface area (Å²) in [6.07, 6.45) is 0.473. The zero-order valence-electron chi connectivity index (χ0n) is 16.7. The van der Waals surface area contributed by atoms with Gasteiger partial charge in [0.1, 0.15) is 6.61 Å². The second-order valence-corrected chi connectivity index (χ2v) is 5.99. The number of rotatable bonds is 18. The van der Waals surface area contributed by atoms with Gasteiger partial charge in [-0.25, -0.2) is 0 Å². The third kappa shape index (κ3) is 17.6. The van der Waals surface area contributed by atoms with Crippen LogP contribution in [0.15, 0.2) is 0 Å². The fourth-order valence-corrected chi connectivity index (χ4v) is 1.65. The highest BCUT2D eigenvalue weighted by atomic mass is 16.6. The van der Waals surface area contributed by atoms with Crippen LogP contribution in [0.3, 0.4) is 0 Å². The fourth-order valence-electron chi connectivity index (χ4n) is 1.65. The minimum absolute atomic E-state index is 0. The first-order valence-electron chi connectivity index (χ1n) is 9.34. The third-order valence-corrected chi connectivity index (χ3v) is 3.34. The molecule has 0 aliphatic heterocycles. The first-order chi connectivity index (χ1) is 13.0. The normalized spacial score (nSPS) is 10.8. The lowest BCUT2D eigenvalue weighted by atomic mass is 10.1. The molecular weight excluding hydrogens is 356 g/mol. The molecule has 0 saturated heterocycles. The van der Waals surface area contributed by atoms with Gasteiger partial charge >= 0.3 is 0 Å². The van der Waals surface area contributed by atoms with Crippen LogP contribution in [0.4, 0.5) is 0 Å². The van der Waals surface area contributed by atoms with E-state index < -0.39 is 0 Å². The van der Waals surface area contributed by atoms with Gasteiger partial charge in [-0.1, -0.05) is 20.8 Å². The summed E-state index contributed by atoms with van der Waals surface area (Å²) in [4.78, 5) is 33.8. The van der Waals surface area contributed by atoms with E-state index in [-0.39, 0.29) is 46.1 Å². The van der Waals surface area contributed by atoms with Crippen molar-refractivity contribution in [1.29, 1.82) is 0 Å². The number of hydrogen-bond donors (Lipinski definition) is 2. The molecule has 0 heterocycles. The number of carbonyl (C=O) groups excluding carboxylic acids is 3. The summed E-state index contributed by atoms with van der Waals surface area (Å²) in [7, 11) is 0. The van der Waals surface area contributed by atoms with Crippen molar-refractivity contribution in [2.75, 3.05) is 65.9 Å². The zero-order chi connectivity index (χ0) is 20.3. The largest absolute Gasteiger partial charge is 0.377 e. The van der Waals surface area contributed by atoms with E-state index in [2.05, 4.69) is 10.6 Å². The molecule has 27 heavy (non-hydrogen) atoms. The Hall–Kier alpha value is -1.55. The number of hydrogen-bond acceptors (Lipinski definition) is 7. The lowest BCUT2D eigenvalue weighted by molar-refractivity contribution is -0.129. The second kappa shape index (κ2) is 17.8. The van der Waals surface area contributed by atoms with Crippen LogP contribution in [-0.2, 0) is 33.3 Å². The first-order valence-corrected chi connectivity index (χ1v) is 9.34. The Kier molecular flexibility index (Phi) is 16.8. The predicted molar refractivity (Wildman–Crippen MR) is 104 cm³/mol. The third-order valence-electron chi connectivity index (χ3n) is 3.34. The van der Waals surface area contributed by atoms with Gasteiger partial charge < -0.3 is 29.6 Å². The standard InChI is InChI=1S/C18H34N2O7.2H2/c1-4-17(22)19-5-6-24-7-8-25-9-10-26-11-12-27-14-18(23)20-13-16(21)15(2)3;;/h15H,4-14H2,1-3H3,(H,19,22)(H,20,23);2*1H. The molecular formula is C18H38N2O7. The quantitative estimate of drug-likeness (QED) is 0.324. The van der Waals surface area contributed by atoms with Crippen molar-refractivity contribution < 1.29 is 36.2 Å². The first kappa shape index (κ1) is 25.4. The van der Waals surface area contributed by atoms with Crippen LogP contribution < -0.4 is 10.6 Å². The molecule has 0 rings (SSSR count). The van der Waals surface area contributed by atoms with Crippen molar-refractivity contribution in [2.45, 2.75) is 27.2 Å². The van der Waals surface area contributed by atoms with Crippen molar-refractivity contribution in [3.8, 4) is 0 Å². The molecule has 0 aromatic rings. The minimum Gasteiger partial charge on any atom is -0.377 e. The molecule has 2 N–H and O–H groups in total. The van der Waals surface area contributed by atoms with Crippen LogP contribution in [0.2, 0.25) is 0 Å². The summed E-state index contributed by atoms with van der Waals surface area (Å²) in [6.45, 7) is 8.69. The van der Waals surface area contributed by atoms with Crippen LogP contribution in [-0.4, -0.2) is 83.5 Å². The summed E-state index contributed by atoms with van der Waals surface area (Å²) in [5.74, 6) is -0.415. The van der Waals surface area contributed by atoms with E-state index in [1.54, 1.807) is 20.8 Å². The Morgan fingerprint density at radius 2 is 1.30 bits per heavy atom. The molecule has 162 valence electrons. The van der Waals surface area contributed by atoms with Crippen LogP contribution in [0.1, 0.15) is 30.0 Å². The lowest BCUT2D eigenvalue weighted by Gasteiger charge is -2.08. The molecule has 2 amide bonds. The van der Waals surface area contributed by atoms with Gasteiger partial charge in [0.05, 0.1) is 52.8 Å². The van der Waals surface area contributed by atoms with Gasteiger partial charge in [-0.2, -0.15) is 0 Å². The second-order valence-electron chi connectivity index (χ2n) is 5.99. The van der Waals surface area contributed by atoms with Crippen LogP contribution in [0.25, 0.3) is 0 Å². The van der Waals surface area contributed by atoms with E-state index in [1.807, 2.05) is 0 Å². The van der Waals surface area contributed by atoms with Gasteiger partial charge in [0, 0.05) is 21.7 Å². The molecule has 0 unspecified atom stereocenters. The number of nitrogens with one attached hydrogen (secondary N) is 2. The van der Waals surface area contributed by atoms with Gasteiger partial charge in [-0.15, -0.1) is 0 Å². The molecule has 0 saturated carbocycles. The van der Waals surface area contributed by atoms with Crippen LogP contribution in [0.5, 0.6) is 0 Å². The van der Waals surface area contributed by atoms with Crippen molar-refractivity contribution >= 4 is 17.6 Å². The van der Waals surface area contributed by atoms with E-state index >= 15 is 0 Å². The number of ether oxygens (including phenoxy) is 4. The number of Topliss-reactive ketones (excluding diaryl/α,β-unsaturated/α-hetero) is 1. The average molecular weight is 395 g/mol. The molecule has 0 bridgehead atoms. The van der Waals surface area contributed by atoms with E-state index in [1.165, 1.54) is 0 Å². The average Bonchev–Trinajstić information content (AvgIpc) is 2.65. The highest BCUT2D eigenvalue weighted by Gasteiger charge is 2.08. The Balaban J connectivity index is -0.00000338. The minimum atomic E-state index is -0.318. The van der Waals surface area contributed by atoms with Gasteiger partial charge in [-0.05, 0) is 0 Å². The van der Waals surface area contributed by atoms with Gasteiger partial charge in [-0.3, -0.25) is 14.4 Å². The monoisotopic (exact) mass is 394 g/mol. The number of amides is 2. The molecule has 0 radical (unpaired) electrons. The maximum absolute atomic E-state index is 11.4. The molecule has 0 spiro atoms. The smallest absolute Gasteiger partial charge is 0.246 e. The maximum atomic E-state index is 11.4. The van der Waals surface area contributed by atoms with Crippen molar-refractivity contribution in [3.05, 3.63) is 0 Å². The van der Waals surface area contributed by atoms with E-state index in [9.17, 15) is 14.4 Å². The Labute approximate surface area is 164 Å². The topological polar surface area (TPSA) is 112 Å². The predicted octanol–water partition coefficient (Wildman–Crippen LogP) is 0.412. The summed E-state index contributed by atoms with van der Waals surface area (Å²) in [5, 5.41) is 5.22. The van der Waals surface area contributed by atoms with Crippen molar-refractivity contribution in [3.63, 3.8) is 0 Å². The molecule has 0 fully saturated rings. The SMILES string of the molecule is CCC(=O)NCCOCCOCCOCCOCC(=O)NCC(=O)C(C)C.[HH].[HH]. The van der Waals surface area contributed by atoms with Crippen LogP contribution >= 0.6 is 0 Å². The van der Waals surface area contributed by atoms with Gasteiger partial charge in [0.25, 0.3) is 0 Å². The fraction of sp³-hybridized carbons (Fsp3) is 0.833. The molecule has 0 aromatic carbocycles. The maximum Gasteiger partial charge on any atom is 0.246 e. The van der Waals surface area contributed by atoms with Crippen molar-refractivity contribution in [1.82, 2.24) is 10.6 Å². The Bertz CT molecular complexity index is 427. The lowest BCUT2D eigenvalue weighted by Crippen LogP contribution is -2.34. The van der Waals surface area contributed by atoms with Gasteiger partial charge in [0.15, 0.2) is 5.78 Å². The summed E-state index contributed by atoms with van der Waals surface area (Å²) >= 11 is 0. The summed E-state index contributed by atoms with van der Waals surface area (Å²) in [6, 6.07) is 0. The molecule has 0 aliphatic carbocycles. The Morgan fingerprint density at radius 3 is 1.81 bits per heavy atom. The summed E-state index contributed by atoms with van der Waals surface area (Å²) in [5.41, 5.74) is 0. The molecule has 0 atom stereocenters.